The van der Waals surface area contributed by atoms with Gasteiger partial charge in [0.05, 0.1) is 17.8 Å². The molecule has 4 rings (SSSR count). The largest absolute Gasteiger partial charge is 0.492 e. The van der Waals surface area contributed by atoms with Gasteiger partial charge >= 0.3 is 0 Å². The summed E-state index contributed by atoms with van der Waals surface area (Å²) in [5.41, 5.74) is 3.18. The summed E-state index contributed by atoms with van der Waals surface area (Å²) < 4.78 is 7.41. The Hall–Kier alpha value is -3.61. The van der Waals surface area contributed by atoms with Crippen LogP contribution in [0.15, 0.2) is 60.9 Å². The second-order valence-electron chi connectivity index (χ2n) is 6.44. The first kappa shape index (κ1) is 17.8. The molecule has 0 atom stereocenters. The molecule has 28 heavy (non-hydrogen) atoms. The SMILES string of the molecule is O=C1CCc2cc(OCCNC(=O)c3ccccc3-n3cccn3)ccc2N1. The number of carbonyl (C=O) groups excluding carboxylic acids is 2. The standard InChI is InChI=1S/C21H20N4O3/c26-20-9-6-15-14-16(7-8-18(15)24-20)28-13-11-22-21(27)17-4-1-2-5-19(17)25-12-3-10-23-25/h1-5,7-8,10,12,14H,6,9,11,13H2,(H,22,27)(H,24,26). The molecule has 0 bridgehead atoms. The number of rotatable bonds is 6. The summed E-state index contributed by atoms with van der Waals surface area (Å²) >= 11 is 0. The Bertz CT molecular complexity index is 999. The minimum atomic E-state index is -0.178. The number of fused-ring (bicyclic) bond motifs is 1. The van der Waals surface area contributed by atoms with Crippen LogP contribution in [0.5, 0.6) is 5.75 Å². The number of anilines is 1. The second kappa shape index (κ2) is 7.96. The zero-order valence-electron chi connectivity index (χ0n) is 15.2. The van der Waals surface area contributed by atoms with E-state index < -0.39 is 0 Å². The molecule has 0 radical (unpaired) electrons. The lowest BCUT2D eigenvalue weighted by molar-refractivity contribution is -0.116. The van der Waals surface area contributed by atoms with Gasteiger partial charge in [0.2, 0.25) is 5.91 Å². The van der Waals surface area contributed by atoms with Crippen LogP contribution in [0, 0.1) is 0 Å². The number of benzene rings is 2. The van der Waals surface area contributed by atoms with Crippen LogP contribution in [0.1, 0.15) is 22.3 Å². The van der Waals surface area contributed by atoms with Crippen LogP contribution >= 0.6 is 0 Å². The molecular formula is C21H20N4O3. The number of nitrogens with zero attached hydrogens (tertiary/aromatic N) is 2. The van der Waals surface area contributed by atoms with Crippen molar-refractivity contribution in [3.63, 3.8) is 0 Å². The number of hydrogen-bond donors (Lipinski definition) is 2. The minimum absolute atomic E-state index is 0.0410. The topological polar surface area (TPSA) is 85.2 Å². The lowest BCUT2D eigenvalue weighted by Gasteiger charge is -2.17. The third-order valence-corrected chi connectivity index (χ3v) is 4.53. The highest BCUT2D eigenvalue weighted by molar-refractivity contribution is 5.97. The third-order valence-electron chi connectivity index (χ3n) is 4.53. The van der Waals surface area contributed by atoms with E-state index >= 15 is 0 Å². The van der Waals surface area contributed by atoms with Crippen molar-refractivity contribution < 1.29 is 14.3 Å². The highest BCUT2D eigenvalue weighted by atomic mass is 16.5. The molecule has 0 spiro atoms. The minimum Gasteiger partial charge on any atom is -0.492 e. The predicted octanol–water partition coefficient (Wildman–Crippen LogP) is 2.57. The van der Waals surface area contributed by atoms with Crippen molar-refractivity contribution in [2.24, 2.45) is 0 Å². The van der Waals surface area contributed by atoms with E-state index in [4.69, 9.17) is 4.74 Å². The quantitative estimate of drug-likeness (QED) is 0.648. The molecule has 0 aliphatic carbocycles. The predicted molar refractivity (Wildman–Crippen MR) is 105 cm³/mol. The molecule has 2 amide bonds. The Morgan fingerprint density at radius 1 is 1.18 bits per heavy atom. The zero-order chi connectivity index (χ0) is 19.3. The summed E-state index contributed by atoms with van der Waals surface area (Å²) in [6, 6.07) is 14.7. The molecule has 0 fully saturated rings. The van der Waals surface area contributed by atoms with Crippen LogP contribution in [-0.2, 0) is 11.2 Å². The van der Waals surface area contributed by atoms with Crippen molar-refractivity contribution in [2.75, 3.05) is 18.5 Å². The van der Waals surface area contributed by atoms with Crippen molar-refractivity contribution in [1.29, 1.82) is 0 Å². The first-order valence-electron chi connectivity index (χ1n) is 9.13. The molecular weight excluding hydrogens is 356 g/mol. The van der Waals surface area contributed by atoms with Gasteiger partial charge in [-0.05, 0) is 48.4 Å². The van der Waals surface area contributed by atoms with E-state index in [1.807, 2.05) is 42.5 Å². The maximum atomic E-state index is 12.5. The zero-order valence-corrected chi connectivity index (χ0v) is 15.2. The number of nitrogens with one attached hydrogen (secondary N) is 2. The first-order chi connectivity index (χ1) is 13.7. The van der Waals surface area contributed by atoms with Gasteiger partial charge in [-0.2, -0.15) is 5.10 Å². The number of para-hydroxylation sites is 1. The average Bonchev–Trinajstić information content (AvgIpc) is 3.26. The molecule has 1 aliphatic rings. The highest BCUT2D eigenvalue weighted by Gasteiger charge is 2.15. The summed E-state index contributed by atoms with van der Waals surface area (Å²) in [5.74, 6) is 0.586. The van der Waals surface area contributed by atoms with Gasteiger partial charge in [-0.15, -0.1) is 0 Å². The molecule has 3 aromatic rings. The summed E-state index contributed by atoms with van der Waals surface area (Å²) in [6.07, 6.45) is 4.67. The van der Waals surface area contributed by atoms with Crippen molar-refractivity contribution in [2.45, 2.75) is 12.8 Å². The molecule has 2 heterocycles. The molecule has 1 aromatic heterocycles. The second-order valence-corrected chi connectivity index (χ2v) is 6.44. The van der Waals surface area contributed by atoms with Crippen LogP contribution in [0.2, 0.25) is 0 Å². The summed E-state index contributed by atoms with van der Waals surface area (Å²) in [6.45, 7) is 0.723. The molecule has 142 valence electrons. The first-order valence-corrected chi connectivity index (χ1v) is 9.13. The van der Waals surface area contributed by atoms with Crippen molar-refractivity contribution in [3.8, 4) is 11.4 Å². The van der Waals surface area contributed by atoms with Gasteiger partial charge < -0.3 is 15.4 Å². The van der Waals surface area contributed by atoms with Crippen LogP contribution in [0.25, 0.3) is 5.69 Å². The maximum absolute atomic E-state index is 12.5. The number of carbonyl (C=O) groups is 2. The molecule has 2 aromatic carbocycles. The van der Waals surface area contributed by atoms with E-state index in [1.54, 1.807) is 23.1 Å². The normalized spacial score (nSPS) is 12.8. The third kappa shape index (κ3) is 3.88. The van der Waals surface area contributed by atoms with Crippen molar-refractivity contribution in [1.82, 2.24) is 15.1 Å². The number of amides is 2. The molecule has 0 unspecified atom stereocenters. The average molecular weight is 376 g/mol. The van der Waals surface area contributed by atoms with E-state index in [0.29, 0.717) is 31.6 Å². The van der Waals surface area contributed by atoms with E-state index in [2.05, 4.69) is 15.7 Å². The van der Waals surface area contributed by atoms with Gasteiger partial charge in [-0.3, -0.25) is 9.59 Å². The van der Waals surface area contributed by atoms with Gasteiger partial charge in [0.25, 0.3) is 5.91 Å². The van der Waals surface area contributed by atoms with Crippen LogP contribution < -0.4 is 15.4 Å². The van der Waals surface area contributed by atoms with Crippen LogP contribution in [-0.4, -0.2) is 34.7 Å². The Balaban J connectivity index is 1.33. The molecule has 7 nitrogen and oxygen atoms in total. The molecule has 1 aliphatic heterocycles. The van der Waals surface area contributed by atoms with Crippen molar-refractivity contribution >= 4 is 17.5 Å². The van der Waals surface area contributed by atoms with Gasteiger partial charge in [0.15, 0.2) is 0 Å². The van der Waals surface area contributed by atoms with Crippen LogP contribution in [0.4, 0.5) is 5.69 Å². The van der Waals surface area contributed by atoms with Crippen molar-refractivity contribution in [3.05, 3.63) is 72.1 Å². The smallest absolute Gasteiger partial charge is 0.253 e. The van der Waals surface area contributed by atoms with Crippen LogP contribution in [0.3, 0.4) is 0 Å². The lowest BCUT2D eigenvalue weighted by atomic mass is 10.0. The van der Waals surface area contributed by atoms with E-state index in [0.717, 1.165) is 22.7 Å². The maximum Gasteiger partial charge on any atom is 0.253 e. The monoisotopic (exact) mass is 376 g/mol. The lowest BCUT2D eigenvalue weighted by Crippen LogP contribution is -2.29. The molecule has 2 N–H and O–H groups in total. The fourth-order valence-corrected chi connectivity index (χ4v) is 3.15. The van der Waals surface area contributed by atoms with Gasteiger partial charge in [-0.25, -0.2) is 4.68 Å². The molecule has 7 heteroatoms. The Kier molecular flexibility index (Phi) is 5.05. The summed E-state index contributed by atoms with van der Waals surface area (Å²) in [4.78, 5) is 24.0. The summed E-state index contributed by atoms with van der Waals surface area (Å²) in [5, 5.41) is 9.91. The Morgan fingerprint density at radius 3 is 2.93 bits per heavy atom. The van der Waals surface area contributed by atoms with E-state index in [-0.39, 0.29) is 11.8 Å². The Labute approximate surface area is 162 Å². The van der Waals surface area contributed by atoms with Gasteiger partial charge in [0, 0.05) is 24.5 Å². The summed E-state index contributed by atoms with van der Waals surface area (Å²) in [7, 11) is 0. The number of ether oxygens (including phenoxy) is 1. The van der Waals surface area contributed by atoms with Gasteiger partial charge in [0.1, 0.15) is 12.4 Å². The fraction of sp³-hybridized carbons (Fsp3) is 0.190. The number of aromatic nitrogens is 2. The van der Waals surface area contributed by atoms with E-state index in [1.165, 1.54) is 0 Å². The Morgan fingerprint density at radius 2 is 2.07 bits per heavy atom. The number of aryl methyl sites for hydroxylation is 1. The fourth-order valence-electron chi connectivity index (χ4n) is 3.15. The highest BCUT2D eigenvalue weighted by Crippen LogP contribution is 2.26. The van der Waals surface area contributed by atoms with E-state index in [9.17, 15) is 9.59 Å². The van der Waals surface area contributed by atoms with Gasteiger partial charge in [-0.1, -0.05) is 12.1 Å². The number of hydrogen-bond acceptors (Lipinski definition) is 4. The molecule has 0 saturated carbocycles. The molecule has 0 saturated heterocycles.